The molecule has 1 heterocycles. The maximum absolute atomic E-state index is 11.6. The molecule has 0 aromatic carbocycles. The molecule has 1 aliphatic heterocycles. The minimum atomic E-state index is -0.402. The van der Waals surface area contributed by atoms with Crippen molar-refractivity contribution in [2.75, 3.05) is 0 Å². The molecule has 0 unspecified atom stereocenters. The monoisotopic (exact) mass is 444 g/mol. The lowest BCUT2D eigenvalue weighted by Gasteiger charge is -2.58. The standard InChI is InChI=1S/C29H48O3/c1-17(2)18(3)19(4)25(31)28(7)29(32-28)15-12-24-22-9-8-20-16-21(30)10-13-26(20,5)23(22)11-14-27(24,29)6/h8,17-19,21-25,30-31H,9-16H2,1-7H3/t18-,19-,21-,22+,23-,24-,25-,26-,27-,28-,29-/m0/s1. The molecular weight excluding hydrogens is 396 g/mol. The van der Waals surface area contributed by atoms with Gasteiger partial charge in [-0.15, -0.1) is 0 Å². The predicted molar refractivity (Wildman–Crippen MR) is 129 cm³/mol. The minimum Gasteiger partial charge on any atom is -0.393 e. The summed E-state index contributed by atoms with van der Waals surface area (Å²) in [6, 6.07) is 0. The number of hydrogen-bond donors (Lipinski definition) is 2. The summed E-state index contributed by atoms with van der Waals surface area (Å²) in [6.45, 7) is 16.3. The summed E-state index contributed by atoms with van der Waals surface area (Å²) in [5.74, 6) is 3.46. The van der Waals surface area contributed by atoms with Gasteiger partial charge in [0, 0.05) is 5.41 Å². The Morgan fingerprint density at radius 3 is 2.31 bits per heavy atom. The van der Waals surface area contributed by atoms with Crippen LogP contribution in [0.4, 0.5) is 0 Å². The van der Waals surface area contributed by atoms with Crippen LogP contribution in [-0.2, 0) is 4.74 Å². The first-order valence-corrected chi connectivity index (χ1v) is 13.7. The maximum Gasteiger partial charge on any atom is 0.122 e. The van der Waals surface area contributed by atoms with Crippen molar-refractivity contribution in [3.63, 3.8) is 0 Å². The van der Waals surface area contributed by atoms with Gasteiger partial charge >= 0.3 is 0 Å². The smallest absolute Gasteiger partial charge is 0.122 e. The second-order valence-electron chi connectivity index (χ2n) is 13.6. The van der Waals surface area contributed by atoms with Crippen molar-refractivity contribution in [2.45, 2.75) is 123 Å². The largest absolute Gasteiger partial charge is 0.393 e. The van der Waals surface area contributed by atoms with Crippen molar-refractivity contribution in [3.8, 4) is 0 Å². The van der Waals surface area contributed by atoms with Crippen molar-refractivity contribution >= 4 is 0 Å². The van der Waals surface area contributed by atoms with Crippen molar-refractivity contribution in [2.24, 2.45) is 46.3 Å². The number of rotatable bonds is 4. The van der Waals surface area contributed by atoms with Crippen LogP contribution in [0.15, 0.2) is 11.6 Å². The van der Waals surface area contributed by atoms with Crippen LogP contribution in [0.1, 0.15) is 99.8 Å². The Labute approximate surface area is 196 Å². The highest BCUT2D eigenvalue weighted by molar-refractivity contribution is 5.32. The number of epoxide rings is 1. The highest BCUT2D eigenvalue weighted by Gasteiger charge is 2.81. The molecule has 2 N–H and O–H groups in total. The fraction of sp³-hybridized carbons (Fsp3) is 0.931. The third kappa shape index (κ3) is 2.83. The molecule has 32 heavy (non-hydrogen) atoms. The first-order chi connectivity index (χ1) is 14.9. The van der Waals surface area contributed by atoms with E-state index in [0.29, 0.717) is 17.8 Å². The van der Waals surface area contributed by atoms with E-state index in [4.69, 9.17) is 4.74 Å². The number of aliphatic hydroxyl groups is 2. The van der Waals surface area contributed by atoms with E-state index in [-0.39, 0.29) is 28.5 Å². The number of ether oxygens (including phenoxy) is 1. The van der Waals surface area contributed by atoms with Crippen LogP contribution in [0.3, 0.4) is 0 Å². The summed E-state index contributed by atoms with van der Waals surface area (Å²) in [5.41, 5.74) is 1.45. The highest BCUT2D eigenvalue weighted by Crippen LogP contribution is 2.76. The first kappa shape index (κ1) is 23.4. The lowest BCUT2D eigenvalue weighted by atomic mass is 9.46. The van der Waals surface area contributed by atoms with E-state index in [1.807, 2.05) is 0 Å². The summed E-state index contributed by atoms with van der Waals surface area (Å²) < 4.78 is 6.77. The van der Waals surface area contributed by atoms with Gasteiger partial charge in [0.2, 0.25) is 0 Å². The Balaban J connectivity index is 1.41. The Morgan fingerprint density at radius 1 is 0.938 bits per heavy atom. The van der Waals surface area contributed by atoms with Gasteiger partial charge in [0.25, 0.3) is 0 Å². The fourth-order valence-corrected chi connectivity index (χ4v) is 9.65. The van der Waals surface area contributed by atoms with Crippen LogP contribution < -0.4 is 0 Å². The Hall–Kier alpha value is -0.380. The fourth-order valence-electron chi connectivity index (χ4n) is 9.65. The summed E-state index contributed by atoms with van der Waals surface area (Å²) in [5, 5.41) is 21.8. The summed E-state index contributed by atoms with van der Waals surface area (Å²) in [7, 11) is 0. The molecule has 182 valence electrons. The summed E-state index contributed by atoms with van der Waals surface area (Å²) in [6.07, 6.45) is 11.0. The van der Waals surface area contributed by atoms with E-state index in [2.05, 4.69) is 54.5 Å². The first-order valence-electron chi connectivity index (χ1n) is 13.7. The zero-order chi connectivity index (χ0) is 23.3. The number of aliphatic hydroxyl groups excluding tert-OH is 2. The molecule has 0 bridgehead atoms. The molecular formula is C29H48O3. The average Bonchev–Trinajstić information content (AvgIpc) is 3.27. The van der Waals surface area contributed by atoms with Gasteiger partial charge < -0.3 is 14.9 Å². The van der Waals surface area contributed by atoms with E-state index < -0.39 is 11.7 Å². The molecule has 0 amide bonds. The normalized spacial score (nSPS) is 52.6. The van der Waals surface area contributed by atoms with E-state index in [1.165, 1.54) is 25.7 Å². The molecule has 4 aliphatic carbocycles. The van der Waals surface area contributed by atoms with Gasteiger partial charge in [-0.25, -0.2) is 0 Å². The molecule has 3 nitrogen and oxygen atoms in total. The molecule has 5 rings (SSSR count). The lowest BCUT2D eigenvalue weighted by molar-refractivity contribution is -0.0568. The quantitative estimate of drug-likeness (QED) is 0.405. The Morgan fingerprint density at radius 2 is 1.62 bits per heavy atom. The van der Waals surface area contributed by atoms with Crippen LogP contribution >= 0.6 is 0 Å². The molecule has 11 atom stereocenters. The van der Waals surface area contributed by atoms with E-state index in [1.54, 1.807) is 5.57 Å². The Kier molecular flexibility index (Phi) is 5.34. The van der Waals surface area contributed by atoms with E-state index in [9.17, 15) is 10.2 Å². The number of allylic oxidation sites excluding steroid dienone is 1. The van der Waals surface area contributed by atoms with Gasteiger partial charge in [0.15, 0.2) is 0 Å². The molecule has 0 aromatic heterocycles. The van der Waals surface area contributed by atoms with E-state index >= 15 is 0 Å². The van der Waals surface area contributed by atoms with Crippen molar-refractivity contribution in [1.29, 1.82) is 0 Å². The minimum absolute atomic E-state index is 0.133. The zero-order valence-corrected chi connectivity index (χ0v) is 21.7. The van der Waals surface area contributed by atoms with Gasteiger partial charge in [-0.2, -0.15) is 0 Å². The van der Waals surface area contributed by atoms with Crippen molar-refractivity contribution in [3.05, 3.63) is 11.6 Å². The van der Waals surface area contributed by atoms with Gasteiger partial charge in [0.1, 0.15) is 11.2 Å². The molecule has 0 radical (unpaired) electrons. The Bertz CT molecular complexity index is 789. The van der Waals surface area contributed by atoms with Crippen LogP contribution in [0.5, 0.6) is 0 Å². The third-order valence-electron chi connectivity index (χ3n) is 12.3. The lowest BCUT2D eigenvalue weighted by Crippen LogP contribution is -2.54. The molecule has 1 spiro atoms. The molecule has 3 saturated carbocycles. The predicted octanol–water partition coefficient (Wildman–Crippen LogP) is 6.13. The average molecular weight is 445 g/mol. The van der Waals surface area contributed by atoms with Crippen molar-refractivity contribution in [1.82, 2.24) is 0 Å². The third-order valence-corrected chi connectivity index (χ3v) is 12.3. The molecule has 1 saturated heterocycles. The van der Waals surface area contributed by atoms with Crippen molar-refractivity contribution < 1.29 is 14.9 Å². The van der Waals surface area contributed by atoms with Gasteiger partial charge in [-0.3, -0.25) is 0 Å². The van der Waals surface area contributed by atoms with Gasteiger partial charge in [-0.1, -0.05) is 53.2 Å². The van der Waals surface area contributed by atoms with Crippen LogP contribution in [0, 0.1) is 46.3 Å². The topological polar surface area (TPSA) is 53.0 Å². The SMILES string of the molecule is CC(C)[C@H](C)[C@H](C)[C@H](O)[C@]1(C)O[C@]12CC[C@H]1[C@@H]3CC=C4C[C@@H](O)CC[C@]4(C)[C@H]3CC[C@@]12C. The zero-order valence-electron chi connectivity index (χ0n) is 21.7. The van der Waals surface area contributed by atoms with Crippen LogP contribution in [0.2, 0.25) is 0 Å². The summed E-state index contributed by atoms with van der Waals surface area (Å²) >= 11 is 0. The summed E-state index contributed by atoms with van der Waals surface area (Å²) in [4.78, 5) is 0. The highest BCUT2D eigenvalue weighted by atomic mass is 16.6. The van der Waals surface area contributed by atoms with Gasteiger partial charge in [0.05, 0.1) is 12.2 Å². The van der Waals surface area contributed by atoms with Gasteiger partial charge in [-0.05, 0) is 99.2 Å². The van der Waals surface area contributed by atoms with Crippen LogP contribution in [-0.4, -0.2) is 33.6 Å². The second kappa shape index (κ2) is 7.31. The maximum atomic E-state index is 11.6. The molecule has 0 aromatic rings. The van der Waals surface area contributed by atoms with Crippen LogP contribution in [0.25, 0.3) is 0 Å². The molecule has 3 heteroatoms. The number of hydrogen-bond acceptors (Lipinski definition) is 3. The molecule has 4 fully saturated rings. The van der Waals surface area contributed by atoms with E-state index in [0.717, 1.165) is 37.5 Å². The molecule has 5 aliphatic rings. The number of fused-ring (bicyclic) bond motifs is 6. The second-order valence-corrected chi connectivity index (χ2v) is 13.6.